The second-order valence-corrected chi connectivity index (χ2v) is 7.10. The number of hydrogen-bond acceptors (Lipinski definition) is 4. The summed E-state index contributed by atoms with van der Waals surface area (Å²) in [7, 11) is 0. The van der Waals surface area contributed by atoms with Crippen molar-refractivity contribution in [1.29, 1.82) is 0 Å². The zero-order valence-corrected chi connectivity index (χ0v) is 16.2. The number of carbonyl (C=O) groups is 1. The molecule has 28 heavy (non-hydrogen) atoms. The van der Waals surface area contributed by atoms with Crippen molar-refractivity contribution in [3.8, 4) is 16.9 Å². The first-order chi connectivity index (χ1) is 13.6. The van der Waals surface area contributed by atoms with E-state index in [1.807, 2.05) is 42.1 Å². The highest BCUT2D eigenvalue weighted by Gasteiger charge is 2.28. The molecule has 2 atom stereocenters. The van der Waals surface area contributed by atoms with Crippen molar-refractivity contribution in [2.45, 2.75) is 32.9 Å². The second-order valence-electron chi connectivity index (χ2n) is 7.10. The Hall–Kier alpha value is -3.15. The molecule has 1 aromatic carbocycles. The molecule has 0 bridgehead atoms. The highest BCUT2D eigenvalue weighted by Crippen LogP contribution is 2.35. The van der Waals surface area contributed by atoms with E-state index < -0.39 is 0 Å². The third-order valence-electron chi connectivity index (χ3n) is 5.35. The molecule has 1 amide bonds. The number of nitrogens with one attached hydrogen (secondary N) is 1. The van der Waals surface area contributed by atoms with Crippen LogP contribution in [-0.4, -0.2) is 33.3 Å². The van der Waals surface area contributed by atoms with E-state index in [-0.39, 0.29) is 17.9 Å². The van der Waals surface area contributed by atoms with Gasteiger partial charge in [-0.05, 0) is 49.8 Å². The number of fused-ring (bicyclic) bond motifs is 1. The Morgan fingerprint density at radius 1 is 1.46 bits per heavy atom. The van der Waals surface area contributed by atoms with Crippen molar-refractivity contribution in [3.05, 3.63) is 48.9 Å². The molecule has 0 spiro atoms. The fourth-order valence-electron chi connectivity index (χ4n) is 3.74. The molecule has 6 nitrogen and oxygen atoms in total. The van der Waals surface area contributed by atoms with Gasteiger partial charge in [0.1, 0.15) is 11.9 Å². The lowest BCUT2D eigenvalue weighted by molar-refractivity contribution is -0.119. The number of rotatable bonds is 6. The van der Waals surface area contributed by atoms with Gasteiger partial charge in [-0.2, -0.15) is 5.10 Å². The minimum absolute atomic E-state index is 0.0864. The third-order valence-corrected chi connectivity index (χ3v) is 5.35. The molecular weight excluding hydrogens is 352 g/mol. The first kappa shape index (κ1) is 18.2. The van der Waals surface area contributed by atoms with Crippen molar-refractivity contribution in [3.63, 3.8) is 0 Å². The van der Waals surface area contributed by atoms with E-state index in [9.17, 15) is 4.79 Å². The first-order valence-electron chi connectivity index (χ1n) is 9.61. The smallest absolute Gasteiger partial charge is 0.220 e. The molecule has 1 aliphatic rings. The maximum Gasteiger partial charge on any atom is 0.220 e. The summed E-state index contributed by atoms with van der Waals surface area (Å²) in [5.74, 6) is 1.02. The van der Waals surface area contributed by atoms with E-state index in [4.69, 9.17) is 4.74 Å². The third kappa shape index (κ3) is 3.26. The van der Waals surface area contributed by atoms with Crippen LogP contribution >= 0.6 is 0 Å². The van der Waals surface area contributed by atoms with Crippen molar-refractivity contribution in [2.75, 3.05) is 6.54 Å². The Balaban J connectivity index is 1.77. The van der Waals surface area contributed by atoms with E-state index >= 15 is 0 Å². The molecule has 1 fully saturated rings. The number of amides is 1. The zero-order chi connectivity index (χ0) is 19.7. The van der Waals surface area contributed by atoms with Crippen LogP contribution < -0.4 is 10.1 Å². The average Bonchev–Trinajstić information content (AvgIpc) is 3.33. The van der Waals surface area contributed by atoms with Gasteiger partial charge in [0, 0.05) is 42.6 Å². The van der Waals surface area contributed by atoms with Gasteiger partial charge in [-0.3, -0.25) is 14.5 Å². The summed E-state index contributed by atoms with van der Waals surface area (Å²) in [6.07, 6.45) is 5.88. The Morgan fingerprint density at radius 2 is 2.32 bits per heavy atom. The summed E-state index contributed by atoms with van der Waals surface area (Å²) in [5, 5.41) is 8.30. The first-order valence-corrected chi connectivity index (χ1v) is 9.61. The second kappa shape index (κ2) is 7.46. The number of carbonyl (C=O) groups excluding carboxylic acids is 1. The minimum atomic E-state index is -0.0881. The fourth-order valence-corrected chi connectivity index (χ4v) is 3.74. The lowest BCUT2D eigenvalue weighted by Gasteiger charge is -2.21. The van der Waals surface area contributed by atoms with Gasteiger partial charge in [0.2, 0.25) is 5.91 Å². The highest BCUT2D eigenvalue weighted by atomic mass is 16.5. The van der Waals surface area contributed by atoms with Crippen LogP contribution in [0.1, 0.15) is 26.0 Å². The van der Waals surface area contributed by atoms with E-state index in [1.165, 1.54) is 0 Å². The Morgan fingerprint density at radius 3 is 3.04 bits per heavy atom. The predicted molar refractivity (Wildman–Crippen MR) is 110 cm³/mol. The van der Waals surface area contributed by atoms with Gasteiger partial charge in [0.25, 0.3) is 0 Å². The number of aryl methyl sites for hydroxylation is 1. The molecule has 6 heteroatoms. The van der Waals surface area contributed by atoms with Gasteiger partial charge < -0.3 is 10.1 Å². The largest absolute Gasteiger partial charge is 0.490 e. The van der Waals surface area contributed by atoms with Crippen molar-refractivity contribution < 1.29 is 9.53 Å². The van der Waals surface area contributed by atoms with Crippen LogP contribution in [0.3, 0.4) is 0 Å². The molecule has 4 rings (SSSR count). The zero-order valence-electron chi connectivity index (χ0n) is 16.2. The molecule has 1 saturated heterocycles. The van der Waals surface area contributed by atoms with Crippen LogP contribution in [0.4, 0.5) is 0 Å². The number of pyridine rings is 1. The summed E-state index contributed by atoms with van der Waals surface area (Å²) in [5.41, 5.74) is 3.83. The monoisotopic (exact) mass is 376 g/mol. The van der Waals surface area contributed by atoms with Gasteiger partial charge in [0.15, 0.2) is 0 Å². The summed E-state index contributed by atoms with van der Waals surface area (Å²) in [6, 6.07) is 8.01. The number of aromatic nitrogens is 3. The van der Waals surface area contributed by atoms with Gasteiger partial charge >= 0.3 is 0 Å². The van der Waals surface area contributed by atoms with Crippen LogP contribution in [0.2, 0.25) is 0 Å². The quantitative estimate of drug-likeness (QED) is 0.713. The summed E-state index contributed by atoms with van der Waals surface area (Å²) in [4.78, 5) is 16.1. The van der Waals surface area contributed by atoms with Crippen LogP contribution in [0.25, 0.3) is 28.1 Å². The fraction of sp³-hybridized carbons (Fsp3) is 0.318. The Kier molecular flexibility index (Phi) is 4.86. The van der Waals surface area contributed by atoms with Crippen molar-refractivity contribution in [2.24, 2.45) is 5.92 Å². The molecule has 0 radical (unpaired) electrons. The molecule has 144 valence electrons. The average molecular weight is 376 g/mol. The van der Waals surface area contributed by atoms with Gasteiger partial charge in [-0.25, -0.2) is 0 Å². The number of ether oxygens (including phenoxy) is 1. The SMILES string of the molecule is C=Cc1c(-c2cc(OC(C)C3CNC(=O)C3)c3cccnc3c2)cnn1CC. The molecule has 0 saturated carbocycles. The normalized spacial score (nSPS) is 17.5. The topological polar surface area (TPSA) is 69.0 Å². The van der Waals surface area contributed by atoms with Crippen LogP contribution in [0.5, 0.6) is 5.75 Å². The number of hydrogen-bond donors (Lipinski definition) is 1. The lowest BCUT2D eigenvalue weighted by Crippen LogP contribution is -2.25. The molecule has 2 unspecified atom stereocenters. The molecular formula is C22H24N4O2. The Labute approximate surface area is 164 Å². The summed E-state index contributed by atoms with van der Waals surface area (Å²) in [6.45, 7) is 9.44. The van der Waals surface area contributed by atoms with E-state index in [0.29, 0.717) is 13.0 Å². The summed E-state index contributed by atoms with van der Waals surface area (Å²) < 4.78 is 8.26. The van der Waals surface area contributed by atoms with E-state index in [1.54, 1.807) is 6.20 Å². The van der Waals surface area contributed by atoms with Gasteiger partial charge in [-0.15, -0.1) is 0 Å². The lowest BCUT2D eigenvalue weighted by atomic mass is 10.0. The van der Waals surface area contributed by atoms with E-state index in [0.717, 1.165) is 40.0 Å². The molecule has 1 N–H and O–H groups in total. The van der Waals surface area contributed by atoms with Gasteiger partial charge in [-0.1, -0.05) is 6.58 Å². The number of benzene rings is 1. The molecule has 2 aromatic heterocycles. The molecule has 0 aliphatic carbocycles. The maximum absolute atomic E-state index is 11.6. The standard InChI is InChI=1S/C22H24N4O2/c1-4-20-18(13-25-26(20)5-2)15-9-19-17(7-6-8-23-19)21(10-15)28-14(3)16-11-22(27)24-12-16/h4,6-10,13-14,16H,1,5,11-12H2,2-3H3,(H,24,27). The van der Waals surface area contributed by atoms with Crippen molar-refractivity contribution in [1.82, 2.24) is 20.1 Å². The predicted octanol–water partition coefficient (Wildman–Crippen LogP) is 3.66. The van der Waals surface area contributed by atoms with Crippen LogP contribution in [0.15, 0.2) is 43.2 Å². The van der Waals surface area contributed by atoms with Crippen molar-refractivity contribution >= 4 is 22.9 Å². The molecule has 1 aliphatic heterocycles. The summed E-state index contributed by atoms with van der Waals surface area (Å²) >= 11 is 0. The maximum atomic E-state index is 11.6. The van der Waals surface area contributed by atoms with Gasteiger partial charge in [0.05, 0.1) is 17.4 Å². The minimum Gasteiger partial charge on any atom is -0.490 e. The molecule has 3 heterocycles. The highest BCUT2D eigenvalue weighted by molar-refractivity contribution is 5.91. The number of nitrogens with zero attached hydrogens (tertiary/aromatic N) is 3. The van der Waals surface area contributed by atoms with Crippen LogP contribution in [-0.2, 0) is 11.3 Å². The van der Waals surface area contributed by atoms with Crippen LogP contribution in [0, 0.1) is 5.92 Å². The Bertz CT molecular complexity index is 1040. The van der Waals surface area contributed by atoms with E-state index in [2.05, 4.69) is 35.0 Å². The molecule has 3 aromatic rings.